The second kappa shape index (κ2) is 4.09. The van der Waals surface area contributed by atoms with Crippen LogP contribution in [0.1, 0.15) is 6.92 Å². The molecule has 0 atom stereocenters. The van der Waals surface area contributed by atoms with Gasteiger partial charge in [-0.2, -0.15) is 5.26 Å². The Balaban J connectivity index is 6.39. The third-order valence-corrected chi connectivity index (χ3v) is 2.41. The van der Waals surface area contributed by atoms with Gasteiger partial charge in [-0.1, -0.05) is 0 Å². The van der Waals surface area contributed by atoms with Gasteiger partial charge in [-0.15, -0.1) is 0 Å². The molecule has 17 heavy (non-hydrogen) atoms. The van der Waals surface area contributed by atoms with Crippen LogP contribution in [0, 0.1) is 22.2 Å². The van der Waals surface area contributed by atoms with E-state index in [4.69, 9.17) is 25.7 Å². The Morgan fingerprint density at radius 2 is 1.18 bits per heavy atom. The van der Waals surface area contributed by atoms with E-state index in [-0.39, 0.29) is 0 Å². The fourth-order valence-corrected chi connectivity index (χ4v) is 1.14. The lowest BCUT2D eigenvalue weighted by atomic mass is 9.64. The SMILES string of the molecule is CC(C(=O)O)(C(=O)O)C(C#N)(C(=O)O)C(=O)O. The third-order valence-electron chi connectivity index (χ3n) is 2.41. The van der Waals surface area contributed by atoms with Gasteiger partial charge in [0.05, 0.1) is 6.07 Å². The molecule has 0 unspecified atom stereocenters. The van der Waals surface area contributed by atoms with E-state index in [9.17, 15) is 19.2 Å². The van der Waals surface area contributed by atoms with Crippen LogP contribution in [0.2, 0.25) is 0 Å². The second-order valence-corrected chi connectivity index (χ2v) is 3.21. The third kappa shape index (κ3) is 1.55. The summed E-state index contributed by atoms with van der Waals surface area (Å²) in [5.41, 5.74) is -6.94. The first-order valence-corrected chi connectivity index (χ1v) is 3.93. The zero-order chi connectivity index (χ0) is 14.0. The Morgan fingerprint density at radius 1 is 0.882 bits per heavy atom. The summed E-state index contributed by atoms with van der Waals surface area (Å²) in [6.45, 7) is 0.350. The predicted molar refractivity (Wildman–Crippen MR) is 46.7 cm³/mol. The number of carboxylic acid groups (broad SMARTS) is 4. The number of carbonyl (C=O) groups is 4. The molecule has 0 bridgehead atoms. The largest absolute Gasteiger partial charge is 0.480 e. The zero-order valence-electron chi connectivity index (χ0n) is 8.37. The van der Waals surface area contributed by atoms with E-state index in [1.165, 1.54) is 0 Å². The van der Waals surface area contributed by atoms with Gasteiger partial charge in [0.2, 0.25) is 5.41 Å². The minimum atomic E-state index is -3.62. The first-order valence-electron chi connectivity index (χ1n) is 3.93. The van der Waals surface area contributed by atoms with Crippen LogP contribution < -0.4 is 0 Å². The van der Waals surface area contributed by atoms with Crippen molar-refractivity contribution >= 4 is 23.9 Å². The smallest absolute Gasteiger partial charge is 0.337 e. The molecule has 0 aliphatic rings. The first kappa shape index (κ1) is 14.4. The lowest BCUT2D eigenvalue weighted by Crippen LogP contribution is -2.58. The Kier molecular flexibility index (Phi) is 3.46. The molecule has 0 rings (SSSR count). The Morgan fingerprint density at radius 3 is 1.24 bits per heavy atom. The van der Waals surface area contributed by atoms with Gasteiger partial charge in [0.1, 0.15) is 0 Å². The van der Waals surface area contributed by atoms with Crippen molar-refractivity contribution in [2.45, 2.75) is 6.92 Å². The molecule has 0 radical (unpaired) electrons. The summed E-state index contributed by atoms with van der Waals surface area (Å²) in [5.74, 6) is -9.20. The molecule has 0 aliphatic heterocycles. The summed E-state index contributed by atoms with van der Waals surface area (Å²) in [5, 5.41) is 43.4. The molecular weight excluding hydrogens is 238 g/mol. The van der Waals surface area contributed by atoms with Gasteiger partial charge in [0.15, 0.2) is 0 Å². The molecule has 0 spiro atoms. The molecule has 9 heteroatoms. The standard InChI is InChI=1S/C8H7NO8/c1-7(3(10)11,4(12)13)8(2-9,5(14)15)6(16)17/h1H3,(H,10,11)(H,12,13)(H,14,15)(H,16,17). The van der Waals surface area contributed by atoms with Crippen LogP contribution >= 0.6 is 0 Å². The quantitative estimate of drug-likeness (QED) is 0.435. The maximum absolute atomic E-state index is 10.8. The van der Waals surface area contributed by atoms with E-state index < -0.39 is 34.7 Å². The van der Waals surface area contributed by atoms with Crippen molar-refractivity contribution in [3.8, 4) is 6.07 Å². The van der Waals surface area contributed by atoms with Crippen molar-refractivity contribution in [3.05, 3.63) is 0 Å². The van der Waals surface area contributed by atoms with Crippen molar-refractivity contribution < 1.29 is 39.6 Å². The highest BCUT2D eigenvalue weighted by atomic mass is 16.4. The van der Waals surface area contributed by atoms with Gasteiger partial charge >= 0.3 is 23.9 Å². The second-order valence-electron chi connectivity index (χ2n) is 3.21. The fourth-order valence-electron chi connectivity index (χ4n) is 1.14. The van der Waals surface area contributed by atoms with E-state index in [1.54, 1.807) is 0 Å². The van der Waals surface area contributed by atoms with Gasteiger partial charge in [-0.25, -0.2) is 9.59 Å². The number of hydrogen-bond donors (Lipinski definition) is 4. The molecule has 0 aromatic carbocycles. The van der Waals surface area contributed by atoms with Crippen LogP contribution in [0.15, 0.2) is 0 Å². The number of rotatable bonds is 5. The van der Waals surface area contributed by atoms with Gasteiger partial charge in [0.25, 0.3) is 5.41 Å². The molecule has 4 N–H and O–H groups in total. The molecule has 0 aliphatic carbocycles. The summed E-state index contributed by atoms with van der Waals surface area (Å²) in [4.78, 5) is 43.3. The minimum absolute atomic E-state index is 0.350. The predicted octanol–water partition coefficient (Wildman–Crippen LogP) is -1.16. The Bertz CT molecular complexity index is 417. The number of hydrogen-bond acceptors (Lipinski definition) is 5. The summed E-state index contributed by atoms with van der Waals surface area (Å²) in [7, 11) is 0. The molecule has 0 fully saturated rings. The van der Waals surface area contributed by atoms with Crippen LogP contribution in [-0.2, 0) is 19.2 Å². The number of nitrogens with zero attached hydrogens (tertiary/aromatic N) is 1. The summed E-state index contributed by atoms with van der Waals surface area (Å²) >= 11 is 0. The molecule has 92 valence electrons. The van der Waals surface area contributed by atoms with Crippen molar-refractivity contribution in [2.75, 3.05) is 0 Å². The van der Waals surface area contributed by atoms with E-state index in [0.717, 1.165) is 6.07 Å². The maximum Gasteiger partial charge on any atom is 0.337 e. The van der Waals surface area contributed by atoms with Crippen LogP contribution in [0.3, 0.4) is 0 Å². The lowest BCUT2D eigenvalue weighted by Gasteiger charge is -2.30. The van der Waals surface area contributed by atoms with Gasteiger partial charge in [-0.3, -0.25) is 9.59 Å². The van der Waals surface area contributed by atoms with E-state index >= 15 is 0 Å². The van der Waals surface area contributed by atoms with E-state index in [2.05, 4.69) is 0 Å². The highest BCUT2D eigenvalue weighted by Crippen LogP contribution is 2.40. The average molecular weight is 245 g/mol. The van der Waals surface area contributed by atoms with Gasteiger partial charge in [0, 0.05) is 0 Å². The van der Waals surface area contributed by atoms with E-state index in [1.807, 2.05) is 0 Å². The lowest BCUT2D eigenvalue weighted by molar-refractivity contribution is -0.187. The number of nitriles is 1. The van der Waals surface area contributed by atoms with Crippen LogP contribution in [0.25, 0.3) is 0 Å². The summed E-state index contributed by atoms with van der Waals surface area (Å²) in [6, 6.07) is 0.757. The topological polar surface area (TPSA) is 173 Å². The molecule has 0 saturated carbocycles. The van der Waals surface area contributed by atoms with Gasteiger partial charge < -0.3 is 20.4 Å². The zero-order valence-corrected chi connectivity index (χ0v) is 8.37. The molecular formula is C8H7NO8. The molecule has 0 aromatic heterocycles. The minimum Gasteiger partial charge on any atom is -0.480 e. The maximum atomic E-state index is 10.8. The summed E-state index contributed by atoms with van der Waals surface area (Å²) < 4.78 is 0. The number of aliphatic carboxylic acids is 4. The van der Waals surface area contributed by atoms with Crippen molar-refractivity contribution in [2.24, 2.45) is 10.8 Å². The highest BCUT2D eigenvalue weighted by molar-refractivity contribution is 6.14. The molecule has 0 amide bonds. The van der Waals surface area contributed by atoms with Crippen molar-refractivity contribution in [1.29, 1.82) is 5.26 Å². The molecule has 0 heterocycles. The van der Waals surface area contributed by atoms with Crippen LogP contribution in [-0.4, -0.2) is 44.3 Å². The average Bonchev–Trinajstić information content (AvgIpc) is 2.16. The van der Waals surface area contributed by atoms with E-state index in [0.29, 0.717) is 6.92 Å². The first-order chi connectivity index (χ1) is 7.58. The fraction of sp³-hybridized carbons (Fsp3) is 0.375. The molecule has 9 nitrogen and oxygen atoms in total. The monoisotopic (exact) mass is 245 g/mol. The van der Waals surface area contributed by atoms with Crippen LogP contribution in [0.5, 0.6) is 0 Å². The Hall–Kier alpha value is -2.63. The normalized spacial score (nSPS) is 11.3. The Labute approximate surface area is 93.5 Å². The number of carboxylic acids is 4. The van der Waals surface area contributed by atoms with Gasteiger partial charge in [-0.05, 0) is 6.92 Å². The molecule has 0 saturated heterocycles. The van der Waals surface area contributed by atoms with Crippen molar-refractivity contribution in [3.63, 3.8) is 0 Å². The van der Waals surface area contributed by atoms with Crippen molar-refractivity contribution in [1.82, 2.24) is 0 Å². The van der Waals surface area contributed by atoms with Crippen LogP contribution in [0.4, 0.5) is 0 Å². The molecule has 0 aromatic rings. The highest BCUT2D eigenvalue weighted by Gasteiger charge is 2.70. The summed E-state index contributed by atoms with van der Waals surface area (Å²) in [6.07, 6.45) is 0.